The van der Waals surface area contributed by atoms with Gasteiger partial charge in [0.15, 0.2) is 6.10 Å². The molecule has 0 aromatic heterocycles. The quantitative estimate of drug-likeness (QED) is 0.908. The first-order valence-corrected chi connectivity index (χ1v) is 7.07. The van der Waals surface area contributed by atoms with Crippen LogP contribution in [0.5, 0.6) is 0 Å². The molecular formula is C17H18N2O2. The molecule has 0 fully saturated rings. The maximum absolute atomic E-state index is 12.5. The minimum absolute atomic E-state index is 0.142. The Morgan fingerprint density at radius 3 is 2.95 bits per heavy atom. The van der Waals surface area contributed by atoms with E-state index in [1.807, 2.05) is 48.5 Å². The van der Waals surface area contributed by atoms with E-state index in [2.05, 4.69) is 5.32 Å². The summed E-state index contributed by atoms with van der Waals surface area (Å²) >= 11 is 0. The number of rotatable bonds is 3. The van der Waals surface area contributed by atoms with Gasteiger partial charge in [0.2, 0.25) is 0 Å². The van der Waals surface area contributed by atoms with E-state index in [-0.39, 0.29) is 5.91 Å². The van der Waals surface area contributed by atoms with E-state index in [1.165, 1.54) is 5.56 Å². The van der Waals surface area contributed by atoms with Crippen molar-refractivity contribution in [2.75, 3.05) is 11.9 Å². The van der Waals surface area contributed by atoms with Crippen molar-refractivity contribution < 1.29 is 9.53 Å². The number of hydrogen-bond acceptors (Lipinski definition) is 3. The van der Waals surface area contributed by atoms with E-state index in [0.717, 1.165) is 23.2 Å². The molecule has 0 saturated carbocycles. The van der Waals surface area contributed by atoms with Crippen molar-refractivity contribution in [3.63, 3.8) is 0 Å². The summed E-state index contributed by atoms with van der Waals surface area (Å²) in [6.07, 6.45) is 0.305. The highest BCUT2D eigenvalue weighted by Gasteiger charge is 2.27. The van der Waals surface area contributed by atoms with Crippen molar-refractivity contribution in [3.8, 4) is 0 Å². The third-order valence-electron chi connectivity index (χ3n) is 3.66. The fourth-order valence-corrected chi connectivity index (χ4v) is 2.59. The molecule has 1 unspecified atom stereocenters. The summed E-state index contributed by atoms with van der Waals surface area (Å²) in [7, 11) is 0. The van der Waals surface area contributed by atoms with Gasteiger partial charge in [0.05, 0.1) is 6.61 Å². The molecule has 0 bridgehead atoms. The summed E-state index contributed by atoms with van der Waals surface area (Å²) in [5, 5.41) is 2.91. The van der Waals surface area contributed by atoms with Crippen molar-refractivity contribution >= 4 is 11.6 Å². The Labute approximate surface area is 123 Å². The van der Waals surface area contributed by atoms with Gasteiger partial charge in [-0.3, -0.25) is 4.79 Å². The van der Waals surface area contributed by atoms with Gasteiger partial charge in [0, 0.05) is 12.2 Å². The van der Waals surface area contributed by atoms with Gasteiger partial charge < -0.3 is 15.8 Å². The van der Waals surface area contributed by atoms with Crippen LogP contribution in [0.15, 0.2) is 48.5 Å². The molecule has 4 nitrogen and oxygen atoms in total. The summed E-state index contributed by atoms with van der Waals surface area (Å²) in [5.41, 5.74) is 9.48. The molecule has 0 spiro atoms. The zero-order chi connectivity index (χ0) is 14.7. The number of anilines is 1. The Balaban J connectivity index is 1.80. The molecule has 108 valence electrons. The van der Waals surface area contributed by atoms with Crippen molar-refractivity contribution in [2.45, 2.75) is 19.1 Å². The molecule has 1 heterocycles. The second-order valence-corrected chi connectivity index (χ2v) is 5.09. The van der Waals surface area contributed by atoms with Crippen molar-refractivity contribution in [1.29, 1.82) is 0 Å². The number of ether oxygens (including phenoxy) is 1. The molecule has 1 aliphatic heterocycles. The fourth-order valence-electron chi connectivity index (χ4n) is 2.59. The molecule has 2 aromatic rings. The molecule has 21 heavy (non-hydrogen) atoms. The van der Waals surface area contributed by atoms with Crippen molar-refractivity contribution in [3.05, 3.63) is 65.2 Å². The normalized spacial score (nSPS) is 17.1. The number of nitrogens with one attached hydrogen (secondary N) is 1. The summed E-state index contributed by atoms with van der Waals surface area (Å²) < 4.78 is 5.66. The second kappa shape index (κ2) is 6.08. The minimum Gasteiger partial charge on any atom is -0.363 e. The molecule has 3 rings (SSSR count). The van der Waals surface area contributed by atoms with Crippen LogP contribution in [0.2, 0.25) is 0 Å². The number of amides is 1. The third-order valence-corrected chi connectivity index (χ3v) is 3.66. The first-order valence-electron chi connectivity index (χ1n) is 7.07. The van der Waals surface area contributed by atoms with Crippen LogP contribution in [0.4, 0.5) is 5.69 Å². The molecule has 1 aliphatic rings. The lowest BCUT2D eigenvalue weighted by molar-refractivity contribution is -0.128. The van der Waals surface area contributed by atoms with Crippen LogP contribution in [-0.2, 0) is 22.5 Å². The van der Waals surface area contributed by atoms with Gasteiger partial charge in [-0.1, -0.05) is 36.4 Å². The monoisotopic (exact) mass is 282 g/mol. The number of benzene rings is 2. The zero-order valence-corrected chi connectivity index (χ0v) is 11.7. The number of carbonyl (C=O) groups is 1. The lowest BCUT2D eigenvalue weighted by Crippen LogP contribution is -2.28. The first kappa shape index (κ1) is 13.8. The summed E-state index contributed by atoms with van der Waals surface area (Å²) in [6, 6.07) is 15.5. The Hall–Kier alpha value is -2.17. The van der Waals surface area contributed by atoms with Crippen LogP contribution in [0.1, 0.15) is 22.8 Å². The first-order chi connectivity index (χ1) is 10.3. The summed E-state index contributed by atoms with van der Waals surface area (Å²) in [6.45, 7) is 1.02. The SMILES string of the molecule is NCc1cccc(NC(=O)C2OCCc3ccccc32)c1. The van der Waals surface area contributed by atoms with Crippen LogP contribution in [0.3, 0.4) is 0 Å². The van der Waals surface area contributed by atoms with E-state index in [9.17, 15) is 4.79 Å². The van der Waals surface area contributed by atoms with Crippen LogP contribution >= 0.6 is 0 Å². The van der Waals surface area contributed by atoms with E-state index in [4.69, 9.17) is 10.5 Å². The van der Waals surface area contributed by atoms with Gasteiger partial charge in [-0.25, -0.2) is 0 Å². The van der Waals surface area contributed by atoms with Gasteiger partial charge in [-0.15, -0.1) is 0 Å². The maximum atomic E-state index is 12.5. The highest BCUT2D eigenvalue weighted by Crippen LogP contribution is 2.28. The Morgan fingerprint density at radius 1 is 1.24 bits per heavy atom. The molecule has 4 heteroatoms. The summed E-state index contributed by atoms with van der Waals surface area (Å²) in [4.78, 5) is 12.5. The number of fused-ring (bicyclic) bond motifs is 1. The van der Waals surface area contributed by atoms with Gasteiger partial charge >= 0.3 is 0 Å². The van der Waals surface area contributed by atoms with Gasteiger partial charge in [0.1, 0.15) is 0 Å². The lowest BCUT2D eigenvalue weighted by atomic mass is 9.97. The molecule has 2 aromatic carbocycles. The average Bonchev–Trinajstić information content (AvgIpc) is 2.54. The van der Waals surface area contributed by atoms with Crippen molar-refractivity contribution in [1.82, 2.24) is 0 Å². The highest BCUT2D eigenvalue weighted by molar-refractivity contribution is 5.95. The molecule has 3 N–H and O–H groups in total. The smallest absolute Gasteiger partial charge is 0.258 e. The van der Waals surface area contributed by atoms with E-state index in [1.54, 1.807) is 0 Å². The maximum Gasteiger partial charge on any atom is 0.258 e. The summed E-state index contributed by atoms with van der Waals surface area (Å²) in [5.74, 6) is -0.142. The Morgan fingerprint density at radius 2 is 2.10 bits per heavy atom. The van der Waals surface area contributed by atoms with Crippen LogP contribution in [0, 0.1) is 0 Å². The number of nitrogens with two attached hydrogens (primary N) is 1. The van der Waals surface area contributed by atoms with E-state index < -0.39 is 6.10 Å². The minimum atomic E-state index is -0.545. The van der Waals surface area contributed by atoms with Gasteiger partial charge in [-0.05, 0) is 35.2 Å². The largest absolute Gasteiger partial charge is 0.363 e. The average molecular weight is 282 g/mol. The highest BCUT2D eigenvalue weighted by atomic mass is 16.5. The number of hydrogen-bond donors (Lipinski definition) is 2. The predicted molar refractivity (Wildman–Crippen MR) is 81.8 cm³/mol. The topological polar surface area (TPSA) is 64.3 Å². The molecule has 1 atom stereocenters. The second-order valence-electron chi connectivity index (χ2n) is 5.09. The van der Waals surface area contributed by atoms with Crippen molar-refractivity contribution in [2.24, 2.45) is 5.73 Å². The zero-order valence-electron chi connectivity index (χ0n) is 11.7. The number of carbonyl (C=O) groups excluding carboxylic acids is 1. The Bertz CT molecular complexity index is 655. The van der Waals surface area contributed by atoms with Crippen LogP contribution in [0.25, 0.3) is 0 Å². The lowest BCUT2D eigenvalue weighted by Gasteiger charge is -2.25. The van der Waals surface area contributed by atoms with Crippen LogP contribution in [-0.4, -0.2) is 12.5 Å². The van der Waals surface area contributed by atoms with Crippen LogP contribution < -0.4 is 11.1 Å². The van der Waals surface area contributed by atoms with Gasteiger partial charge in [0.25, 0.3) is 5.91 Å². The Kier molecular flexibility index (Phi) is 3.99. The van der Waals surface area contributed by atoms with E-state index >= 15 is 0 Å². The molecule has 1 amide bonds. The molecule has 0 saturated heterocycles. The van der Waals surface area contributed by atoms with Gasteiger partial charge in [-0.2, -0.15) is 0 Å². The molecule has 0 aliphatic carbocycles. The van der Waals surface area contributed by atoms with E-state index in [0.29, 0.717) is 13.2 Å². The molecule has 0 radical (unpaired) electrons. The third kappa shape index (κ3) is 2.96. The predicted octanol–water partition coefficient (Wildman–Crippen LogP) is 2.40. The standard InChI is InChI=1S/C17H18N2O2/c18-11-12-4-3-6-14(10-12)19-17(20)16-15-7-2-1-5-13(15)8-9-21-16/h1-7,10,16H,8-9,11,18H2,(H,19,20). The molecular weight excluding hydrogens is 264 g/mol. The fraction of sp³-hybridized carbons (Fsp3) is 0.235.